The van der Waals surface area contributed by atoms with Crippen molar-refractivity contribution in [2.45, 2.75) is 38.0 Å². The summed E-state index contributed by atoms with van der Waals surface area (Å²) >= 11 is 0. The van der Waals surface area contributed by atoms with E-state index in [1.807, 2.05) is 24.3 Å². The summed E-state index contributed by atoms with van der Waals surface area (Å²) < 4.78 is 0. The van der Waals surface area contributed by atoms with E-state index in [4.69, 9.17) is 0 Å². The minimum atomic E-state index is -1.25. The molecule has 26 heavy (non-hydrogen) atoms. The first-order valence-electron chi connectivity index (χ1n) is 8.78. The maximum Gasteiger partial charge on any atom is 1.00 e. The van der Waals surface area contributed by atoms with Crippen LogP contribution in [-0.2, 0) is 0 Å². The molecule has 1 fully saturated rings. The third kappa shape index (κ3) is 5.16. The Morgan fingerprint density at radius 3 is 2.23 bits per heavy atom. The topological polar surface area (TPSA) is 57.2 Å². The minimum Gasteiger partial charge on any atom is -0.545 e. The second-order valence-corrected chi connectivity index (χ2v) is 6.53. The van der Waals surface area contributed by atoms with Gasteiger partial charge in [-0.1, -0.05) is 73.9 Å². The van der Waals surface area contributed by atoms with Gasteiger partial charge in [0.05, 0.1) is 5.97 Å². The summed E-state index contributed by atoms with van der Waals surface area (Å²) in [6, 6.07) is 14.3. The van der Waals surface area contributed by atoms with E-state index >= 15 is 0 Å². The number of carboxylic acids is 1. The largest absolute Gasteiger partial charge is 1.00 e. The van der Waals surface area contributed by atoms with Gasteiger partial charge in [-0.15, -0.1) is 0 Å². The van der Waals surface area contributed by atoms with Crippen molar-refractivity contribution < 1.29 is 44.3 Å². The molecule has 0 radical (unpaired) electrons. The molecule has 3 rings (SSSR count). The van der Waals surface area contributed by atoms with Crippen LogP contribution in [0.15, 0.2) is 54.6 Å². The fraction of sp³-hybridized carbons (Fsp3) is 0.273. The van der Waals surface area contributed by atoms with Crippen LogP contribution in [0.1, 0.15) is 69.9 Å². The third-order valence-corrected chi connectivity index (χ3v) is 4.87. The average molecular weight is 356 g/mol. The van der Waals surface area contributed by atoms with Crippen molar-refractivity contribution in [2.24, 2.45) is 0 Å². The molecule has 0 spiro atoms. The summed E-state index contributed by atoms with van der Waals surface area (Å²) in [6.45, 7) is 0. The molecule has 0 amide bonds. The van der Waals surface area contributed by atoms with Gasteiger partial charge >= 0.3 is 29.6 Å². The molecule has 1 saturated carbocycles. The molecule has 0 atom stereocenters. The molecular weight excluding hydrogens is 335 g/mol. The molecule has 2 aromatic rings. The minimum absolute atomic E-state index is 0. The number of carbonyl (C=O) groups is 2. The summed E-state index contributed by atoms with van der Waals surface area (Å²) in [5, 5.41) is 11.1. The number of hydrogen-bond acceptors (Lipinski definition) is 3. The number of benzene rings is 2. The smallest absolute Gasteiger partial charge is 0.545 e. The van der Waals surface area contributed by atoms with Crippen LogP contribution in [0.4, 0.5) is 0 Å². The predicted octanol–water partition coefficient (Wildman–Crippen LogP) is 0.998. The van der Waals surface area contributed by atoms with E-state index < -0.39 is 5.97 Å². The Balaban J connectivity index is 0.00000243. The van der Waals surface area contributed by atoms with Crippen molar-refractivity contribution in [2.75, 3.05) is 0 Å². The average Bonchev–Trinajstić information content (AvgIpc) is 2.67. The number of rotatable bonds is 5. The number of carbonyl (C=O) groups excluding carboxylic acids is 2. The molecule has 0 N–H and O–H groups in total. The van der Waals surface area contributed by atoms with Crippen LogP contribution in [0.3, 0.4) is 0 Å². The van der Waals surface area contributed by atoms with Crippen LogP contribution in [0, 0.1) is 0 Å². The van der Waals surface area contributed by atoms with Crippen LogP contribution in [-0.4, -0.2) is 11.8 Å². The molecule has 4 heteroatoms. The van der Waals surface area contributed by atoms with Crippen LogP contribution in [0.25, 0.3) is 6.08 Å². The first-order valence-corrected chi connectivity index (χ1v) is 8.78. The fourth-order valence-electron chi connectivity index (χ4n) is 3.45. The van der Waals surface area contributed by atoms with Gasteiger partial charge in [-0.05, 0) is 36.0 Å². The van der Waals surface area contributed by atoms with Crippen LogP contribution in [0.5, 0.6) is 0 Å². The fourth-order valence-corrected chi connectivity index (χ4v) is 3.45. The number of aromatic carboxylic acids is 1. The van der Waals surface area contributed by atoms with Gasteiger partial charge in [0, 0.05) is 11.1 Å². The molecule has 1 aliphatic carbocycles. The van der Waals surface area contributed by atoms with Gasteiger partial charge in [0.15, 0.2) is 5.78 Å². The molecule has 3 nitrogen and oxygen atoms in total. The van der Waals surface area contributed by atoms with Gasteiger partial charge in [0.1, 0.15) is 0 Å². The van der Waals surface area contributed by atoms with Crippen LogP contribution >= 0.6 is 0 Å². The summed E-state index contributed by atoms with van der Waals surface area (Å²) in [4.78, 5) is 23.4. The normalized spacial score (nSPS) is 14.8. The van der Waals surface area contributed by atoms with Crippen LogP contribution in [0.2, 0.25) is 0 Å². The number of allylic oxidation sites excluding steroid dienone is 1. The van der Waals surface area contributed by atoms with Crippen molar-refractivity contribution in [3.8, 4) is 0 Å². The molecule has 0 aromatic heterocycles. The summed E-state index contributed by atoms with van der Waals surface area (Å²) in [5.41, 5.74) is 2.47. The van der Waals surface area contributed by atoms with Crippen molar-refractivity contribution >= 4 is 17.8 Å². The van der Waals surface area contributed by atoms with E-state index in [0.29, 0.717) is 17.0 Å². The van der Waals surface area contributed by atoms with Gasteiger partial charge in [-0.2, -0.15) is 0 Å². The van der Waals surface area contributed by atoms with Crippen molar-refractivity contribution in [1.29, 1.82) is 0 Å². The monoisotopic (exact) mass is 356 g/mol. The molecule has 0 unspecified atom stereocenters. The summed E-state index contributed by atoms with van der Waals surface area (Å²) in [5.74, 6) is -0.767. The first kappa shape index (κ1) is 20.6. The number of hydrogen-bond donors (Lipinski definition) is 0. The SMILES string of the molecule is O=C(/C=C/c1ccccc1C(=O)[O-])c1ccc(C2CCCCC2)cc1.[Na+]. The van der Waals surface area contributed by atoms with Gasteiger partial charge in [-0.3, -0.25) is 4.79 Å². The Morgan fingerprint density at radius 2 is 1.58 bits per heavy atom. The Morgan fingerprint density at radius 1 is 0.923 bits per heavy atom. The molecule has 0 saturated heterocycles. The molecular formula is C22H21NaO3. The van der Waals surface area contributed by atoms with Crippen molar-refractivity contribution in [3.63, 3.8) is 0 Å². The van der Waals surface area contributed by atoms with Gasteiger partial charge in [0.25, 0.3) is 0 Å². The van der Waals surface area contributed by atoms with Gasteiger partial charge in [-0.25, -0.2) is 0 Å². The van der Waals surface area contributed by atoms with E-state index in [1.165, 1.54) is 55.9 Å². The maximum atomic E-state index is 12.3. The predicted molar refractivity (Wildman–Crippen MR) is 96.4 cm³/mol. The van der Waals surface area contributed by atoms with E-state index in [0.717, 1.165) is 0 Å². The van der Waals surface area contributed by atoms with Gasteiger partial charge < -0.3 is 9.90 Å². The zero-order chi connectivity index (χ0) is 17.6. The molecule has 128 valence electrons. The van der Waals surface area contributed by atoms with E-state index in [9.17, 15) is 14.7 Å². The Hall–Kier alpha value is -1.68. The molecule has 1 aliphatic rings. The second kappa shape index (κ2) is 9.86. The zero-order valence-corrected chi connectivity index (χ0v) is 17.1. The summed E-state index contributed by atoms with van der Waals surface area (Å²) in [6.07, 6.45) is 9.30. The van der Waals surface area contributed by atoms with Crippen LogP contribution < -0.4 is 34.7 Å². The van der Waals surface area contributed by atoms with Crippen molar-refractivity contribution in [1.82, 2.24) is 0 Å². The first-order chi connectivity index (χ1) is 12.1. The maximum absolute atomic E-state index is 12.3. The number of carboxylic acid groups (broad SMARTS) is 1. The van der Waals surface area contributed by atoms with E-state index in [1.54, 1.807) is 18.2 Å². The quantitative estimate of drug-likeness (QED) is 0.456. The zero-order valence-electron chi connectivity index (χ0n) is 15.1. The molecule has 0 aliphatic heterocycles. The second-order valence-electron chi connectivity index (χ2n) is 6.53. The summed E-state index contributed by atoms with van der Waals surface area (Å²) in [7, 11) is 0. The van der Waals surface area contributed by atoms with E-state index in [-0.39, 0.29) is 40.9 Å². The third-order valence-electron chi connectivity index (χ3n) is 4.87. The Bertz CT molecular complexity index is 787. The standard InChI is InChI=1S/C22H22O3.Na/c23-21(15-14-18-8-4-5-9-20(18)22(24)25)19-12-10-17(11-13-19)16-6-2-1-3-7-16;/h4-5,8-16H,1-3,6-7H2,(H,24,25);/q;+1/p-1/b15-14+;. The Kier molecular flexibility index (Phi) is 7.83. The van der Waals surface area contributed by atoms with Crippen molar-refractivity contribution in [3.05, 3.63) is 76.9 Å². The molecule has 0 bridgehead atoms. The Labute approximate surface area is 176 Å². The number of ketones is 1. The molecule has 0 heterocycles. The molecule has 2 aromatic carbocycles. The van der Waals surface area contributed by atoms with E-state index in [2.05, 4.69) is 0 Å². The van der Waals surface area contributed by atoms with Gasteiger partial charge in [0.2, 0.25) is 0 Å².